The molecule has 118 valence electrons. The average molecular weight is 337 g/mol. The molecule has 0 amide bonds. The SMILES string of the molecule is Cc1nnc(CN2CCCN(Cc3ccc(Cl)cc3)CC2)s1. The third kappa shape index (κ3) is 4.49. The van der Waals surface area contributed by atoms with Crippen molar-refractivity contribution in [2.24, 2.45) is 0 Å². The van der Waals surface area contributed by atoms with Gasteiger partial charge in [0, 0.05) is 24.7 Å². The van der Waals surface area contributed by atoms with Crippen molar-refractivity contribution in [3.8, 4) is 0 Å². The predicted octanol–water partition coefficient (Wildman–Crippen LogP) is 3.21. The molecule has 0 aliphatic carbocycles. The van der Waals surface area contributed by atoms with Crippen molar-refractivity contribution in [3.63, 3.8) is 0 Å². The van der Waals surface area contributed by atoms with Gasteiger partial charge in [-0.15, -0.1) is 21.5 Å². The lowest BCUT2D eigenvalue weighted by atomic mass is 10.2. The van der Waals surface area contributed by atoms with E-state index >= 15 is 0 Å². The maximum absolute atomic E-state index is 5.95. The second-order valence-corrected chi connectivity index (χ2v) is 7.45. The highest BCUT2D eigenvalue weighted by atomic mass is 35.5. The summed E-state index contributed by atoms with van der Waals surface area (Å²) in [6.45, 7) is 8.41. The fourth-order valence-electron chi connectivity index (χ4n) is 2.78. The topological polar surface area (TPSA) is 32.3 Å². The second-order valence-electron chi connectivity index (χ2n) is 5.75. The summed E-state index contributed by atoms with van der Waals surface area (Å²) in [5.41, 5.74) is 1.33. The summed E-state index contributed by atoms with van der Waals surface area (Å²) >= 11 is 7.65. The van der Waals surface area contributed by atoms with Crippen LogP contribution < -0.4 is 0 Å². The zero-order valence-electron chi connectivity index (χ0n) is 12.8. The van der Waals surface area contributed by atoms with Gasteiger partial charge in [-0.1, -0.05) is 23.7 Å². The zero-order valence-corrected chi connectivity index (χ0v) is 14.4. The van der Waals surface area contributed by atoms with E-state index in [1.54, 1.807) is 11.3 Å². The number of rotatable bonds is 4. The molecule has 0 radical (unpaired) electrons. The summed E-state index contributed by atoms with van der Waals surface area (Å²) in [6.07, 6.45) is 1.20. The lowest BCUT2D eigenvalue weighted by Crippen LogP contribution is -2.30. The second kappa shape index (κ2) is 7.51. The lowest BCUT2D eigenvalue weighted by Gasteiger charge is -2.21. The molecule has 0 unspecified atom stereocenters. The molecule has 3 rings (SSSR count). The molecule has 1 aliphatic rings. The average Bonchev–Trinajstić information content (AvgIpc) is 2.78. The summed E-state index contributed by atoms with van der Waals surface area (Å²) in [6, 6.07) is 8.18. The first kappa shape index (κ1) is 15.9. The largest absolute Gasteiger partial charge is 0.298 e. The minimum Gasteiger partial charge on any atom is -0.298 e. The molecule has 0 spiro atoms. The molecular weight excluding hydrogens is 316 g/mol. The maximum Gasteiger partial charge on any atom is 0.131 e. The van der Waals surface area contributed by atoms with Crippen molar-refractivity contribution < 1.29 is 0 Å². The summed E-state index contributed by atoms with van der Waals surface area (Å²) in [5, 5.41) is 11.3. The Balaban J connectivity index is 1.52. The molecule has 0 atom stereocenters. The highest BCUT2D eigenvalue weighted by Gasteiger charge is 2.16. The van der Waals surface area contributed by atoms with E-state index in [1.165, 1.54) is 12.0 Å². The van der Waals surface area contributed by atoms with Crippen LogP contribution in [0.3, 0.4) is 0 Å². The molecule has 1 saturated heterocycles. The highest BCUT2D eigenvalue weighted by Crippen LogP contribution is 2.15. The number of benzene rings is 1. The van der Waals surface area contributed by atoms with Gasteiger partial charge in [-0.05, 0) is 44.1 Å². The Morgan fingerprint density at radius 1 is 1.00 bits per heavy atom. The molecule has 1 aliphatic heterocycles. The van der Waals surface area contributed by atoms with Crippen LogP contribution in [0.15, 0.2) is 24.3 Å². The molecule has 2 aromatic rings. The van der Waals surface area contributed by atoms with E-state index in [-0.39, 0.29) is 0 Å². The Morgan fingerprint density at radius 3 is 2.32 bits per heavy atom. The van der Waals surface area contributed by atoms with Crippen LogP contribution in [0, 0.1) is 6.92 Å². The minimum absolute atomic E-state index is 0.804. The predicted molar refractivity (Wildman–Crippen MR) is 91.3 cm³/mol. The molecular formula is C16H21ClN4S. The fourth-order valence-corrected chi connectivity index (χ4v) is 3.66. The minimum atomic E-state index is 0.804. The molecule has 2 heterocycles. The van der Waals surface area contributed by atoms with Crippen LogP contribution in [0.25, 0.3) is 0 Å². The first-order valence-corrected chi connectivity index (χ1v) is 8.86. The number of halogens is 1. The first-order valence-electron chi connectivity index (χ1n) is 7.67. The van der Waals surface area contributed by atoms with Crippen LogP contribution >= 0.6 is 22.9 Å². The Bertz CT molecular complexity index is 598. The Morgan fingerprint density at radius 2 is 1.68 bits per heavy atom. The third-order valence-electron chi connectivity index (χ3n) is 3.93. The number of hydrogen-bond donors (Lipinski definition) is 0. The van der Waals surface area contributed by atoms with Crippen LogP contribution in [0.4, 0.5) is 0 Å². The Hall–Kier alpha value is -1.01. The standard InChI is InChI=1S/C16H21ClN4S/c1-13-18-19-16(22-13)12-21-8-2-7-20(9-10-21)11-14-3-5-15(17)6-4-14/h3-6H,2,7-12H2,1H3. The normalized spacial score (nSPS) is 17.5. The first-order chi connectivity index (χ1) is 10.7. The monoisotopic (exact) mass is 336 g/mol. The van der Waals surface area contributed by atoms with Crippen LogP contribution in [0.2, 0.25) is 5.02 Å². The molecule has 6 heteroatoms. The Kier molecular flexibility index (Phi) is 5.41. The molecule has 0 saturated carbocycles. The molecule has 1 aromatic heterocycles. The molecule has 1 aromatic carbocycles. The van der Waals surface area contributed by atoms with Gasteiger partial charge in [-0.25, -0.2) is 0 Å². The van der Waals surface area contributed by atoms with Gasteiger partial charge in [0.2, 0.25) is 0 Å². The van der Waals surface area contributed by atoms with Crippen LogP contribution in [0.5, 0.6) is 0 Å². The van der Waals surface area contributed by atoms with Crippen molar-refractivity contribution in [1.29, 1.82) is 0 Å². The fraction of sp³-hybridized carbons (Fsp3) is 0.500. The molecule has 4 nitrogen and oxygen atoms in total. The smallest absolute Gasteiger partial charge is 0.131 e. The summed E-state index contributed by atoms with van der Waals surface area (Å²) in [7, 11) is 0. The van der Waals surface area contributed by atoms with Gasteiger partial charge < -0.3 is 0 Å². The van der Waals surface area contributed by atoms with Gasteiger partial charge in [0.15, 0.2) is 0 Å². The molecule has 0 bridgehead atoms. The van der Waals surface area contributed by atoms with E-state index in [4.69, 9.17) is 11.6 Å². The summed E-state index contributed by atoms with van der Waals surface area (Å²) in [5.74, 6) is 0. The van der Waals surface area contributed by atoms with Crippen LogP contribution in [-0.2, 0) is 13.1 Å². The van der Waals surface area contributed by atoms with Gasteiger partial charge in [-0.3, -0.25) is 9.80 Å². The van der Waals surface area contributed by atoms with E-state index in [2.05, 4.69) is 32.1 Å². The molecule has 1 fully saturated rings. The molecule has 0 N–H and O–H groups in total. The van der Waals surface area contributed by atoms with E-state index in [0.29, 0.717) is 0 Å². The highest BCUT2D eigenvalue weighted by molar-refractivity contribution is 7.11. The van der Waals surface area contributed by atoms with Gasteiger partial charge in [-0.2, -0.15) is 0 Å². The maximum atomic E-state index is 5.95. The van der Waals surface area contributed by atoms with E-state index in [0.717, 1.165) is 54.3 Å². The summed E-state index contributed by atoms with van der Waals surface area (Å²) < 4.78 is 0. The zero-order chi connectivity index (χ0) is 15.4. The van der Waals surface area contributed by atoms with E-state index in [9.17, 15) is 0 Å². The van der Waals surface area contributed by atoms with Gasteiger partial charge in [0.05, 0.1) is 6.54 Å². The van der Waals surface area contributed by atoms with Crippen molar-refractivity contribution >= 4 is 22.9 Å². The van der Waals surface area contributed by atoms with Crippen LogP contribution in [-0.4, -0.2) is 46.2 Å². The van der Waals surface area contributed by atoms with Gasteiger partial charge in [0.25, 0.3) is 0 Å². The number of aryl methyl sites for hydroxylation is 1. The molecule has 22 heavy (non-hydrogen) atoms. The third-order valence-corrected chi connectivity index (χ3v) is 5.00. The van der Waals surface area contributed by atoms with Crippen molar-refractivity contribution in [2.45, 2.75) is 26.4 Å². The van der Waals surface area contributed by atoms with E-state index < -0.39 is 0 Å². The number of aromatic nitrogens is 2. The van der Waals surface area contributed by atoms with Crippen molar-refractivity contribution in [3.05, 3.63) is 44.9 Å². The van der Waals surface area contributed by atoms with Crippen molar-refractivity contribution in [2.75, 3.05) is 26.2 Å². The quantitative estimate of drug-likeness (QED) is 0.858. The lowest BCUT2D eigenvalue weighted by molar-refractivity contribution is 0.246. The summed E-state index contributed by atoms with van der Waals surface area (Å²) in [4.78, 5) is 5.01. The van der Waals surface area contributed by atoms with Gasteiger partial charge in [0.1, 0.15) is 10.0 Å². The number of hydrogen-bond acceptors (Lipinski definition) is 5. The van der Waals surface area contributed by atoms with Crippen LogP contribution in [0.1, 0.15) is 22.0 Å². The number of nitrogens with zero attached hydrogens (tertiary/aromatic N) is 4. The Labute approximate surface area is 140 Å². The van der Waals surface area contributed by atoms with Crippen molar-refractivity contribution in [1.82, 2.24) is 20.0 Å². The van der Waals surface area contributed by atoms with E-state index in [1.807, 2.05) is 19.1 Å². The van der Waals surface area contributed by atoms with Gasteiger partial charge >= 0.3 is 0 Å².